The molecule has 2 rings (SSSR count). The number of nitro groups is 1. The number of ether oxygens (including phenoxy) is 1. The van der Waals surface area contributed by atoms with Gasteiger partial charge in [0.1, 0.15) is 11.9 Å². The largest absolute Gasteiger partial charge is 0.487 e. The second-order valence-electron chi connectivity index (χ2n) is 4.57. The third-order valence-electron chi connectivity index (χ3n) is 2.85. The number of likely N-dealkylation sites (tertiary alicyclic amines) is 1. The first-order chi connectivity index (χ1) is 8.97. The van der Waals surface area contributed by atoms with Gasteiger partial charge in [0.05, 0.1) is 18.0 Å². The van der Waals surface area contributed by atoms with Gasteiger partial charge in [0.15, 0.2) is 0 Å². The van der Waals surface area contributed by atoms with Crippen molar-refractivity contribution in [2.24, 2.45) is 0 Å². The van der Waals surface area contributed by atoms with Gasteiger partial charge in [0.2, 0.25) is 0 Å². The normalized spacial score (nSPS) is 14.7. The lowest BCUT2D eigenvalue weighted by atomic mass is 10.2. The van der Waals surface area contributed by atoms with Gasteiger partial charge in [-0.3, -0.25) is 10.1 Å². The molecular weight excluding hydrogens is 250 g/mol. The van der Waals surface area contributed by atoms with Crippen LogP contribution in [0.5, 0.6) is 5.75 Å². The van der Waals surface area contributed by atoms with Gasteiger partial charge >= 0.3 is 6.03 Å². The van der Waals surface area contributed by atoms with Crippen LogP contribution in [0.3, 0.4) is 0 Å². The maximum absolute atomic E-state index is 11.6. The number of carbonyl (C=O) groups excluding carboxylic acids is 1. The number of hydrogen-bond acceptors (Lipinski definition) is 4. The fourth-order valence-corrected chi connectivity index (χ4v) is 1.79. The van der Waals surface area contributed by atoms with Crippen molar-refractivity contribution in [3.05, 3.63) is 34.4 Å². The standard InChI is InChI=1S/C12H15N3O4/c1-13(2)12(16)14-7-11(8-14)19-10-5-3-9(4-6-10)15(17)18/h3-6,11H,7-8H2,1-2H3. The number of urea groups is 1. The van der Waals surface area contributed by atoms with Crippen LogP contribution >= 0.6 is 0 Å². The molecule has 2 amide bonds. The summed E-state index contributed by atoms with van der Waals surface area (Å²) in [5, 5.41) is 10.5. The first-order valence-corrected chi connectivity index (χ1v) is 5.84. The zero-order chi connectivity index (χ0) is 14.0. The van der Waals surface area contributed by atoms with E-state index in [0.29, 0.717) is 18.8 Å². The van der Waals surface area contributed by atoms with Crippen molar-refractivity contribution in [3.63, 3.8) is 0 Å². The molecule has 1 fully saturated rings. The molecule has 0 saturated carbocycles. The highest BCUT2D eigenvalue weighted by molar-refractivity contribution is 5.74. The van der Waals surface area contributed by atoms with Crippen molar-refractivity contribution in [3.8, 4) is 5.75 Å². The summed E-state index contributed by atoms with van der Waals surface area (Å²) in [5.74, 6) is 0.576. The van der Waals surface area contributed by atoms with E-state index in [-0.39, 0.29) is 17.8 Å². The Kier molecular flexibility index (Phi) is 3.55. The van der Waals surface area contributed by atoms with Gasteiger partial charge in [-0.15, -0.1) is 0 Å². The summed E-state index contributed by atoms with van der Waals surface area (Å²) in [5.41, 5.74) is 0.0328. The van der Waals surface area contributed by atoms with E-state index in [4.69, 9.17) is 4.74 Å². The molecule has 1 saturated heterocycles. The van der Waals surface area contributed by atoms with Gasteiger partial charge in [-0.25, -0.2) is 4.79 Å². The van der Waals surface area contributed by atoms with Crippen LogP contribution in [-0.2, 0) is 0 Å². The van der Waals surface area contributed by atoms with Crippen LogP contribution in [0.15, 0.2) is 24.3 Å². The highest BCUT2D eigenvalue weighted by atomic mass is 16.6. The summed E-state index contributed by atoms with van der Waals surface area (Å²) in [6.45, 7) is 1.07. The smallest absolute Gasteiger partial charge is 0.319 e. The number of nitrogens with zero attached hydrogens (tertiary/aromatic N) is 3. The van der Waals surface area contributed by atoms with Gasteiger partial charge in [-0.2, -0.15) is 0 Å². The second kappa shape index (κ2) is 5.13. The van der Waals surface area contributed by atoms with E-state index in [1.54, 1.807) is 31.1 Å². The lowest BCUT2D eigenvalue weighted by Gasteiger charge is -2.40. The molecule has 1 aromatic rings. The molecule has 19 heavy (non-hydrogen) atoms. The predicted molar refractivity (Wildman–Crippen MR) is 68.2 cm³/mol. The van der Waals surface area contributed by atoms with E-state index < -0.39 is 4.92 Å². The Labute approximate surface area is 110 Å². The van der Waals surface area contributed by atoms with Crippen molar-refractivity contribution in [2.45, 2.75) is 6.10 Å². The molecule has 7 nitrogen and oxygen atoms in total. The zero-order valence-electron chi connectivity index (χ0n) is 10.8. The molecule has 0 N–H and O–H groups in total. The molecule has 0 aromatic heterocycles. The van der Waals surface area contributed by atoms with Crippen LogP contribution in [-0.4, -0.2) is 54.0 Å². The molecule has 0 bridgehead atoms. The summed E-state index contributed by atoms with van der Waals surface area (Å²) in [4.78, 5) is 24.8. The molecule has 0 aliphatic carbocycles. The fraction of sp³-hybridized carbons (Fsp3) is 0.417. The Morgan fingerprint density at radius 1 is 1.37 bits per heavy atom. The third kappa shape index (κ3) is 2.93. The molecule has 1 aliphatic rings. The number of nitro benzene ring substituents is 1. The van der Waals surface area contributed by atoms with Crippen LogP contribution in [0.4, 0.5) is 10.5 Å². The van der Waals surface area contributed by atoms with E-state index in [2.05, 4.69) is 0 Å². The first-order valence-electron chi connectivity index (χ1n) is 5.84. The van der Waals surface area contributed by atoms with Crippen molar-refractivity contribution in [2.75, 3.05) is 27.2 Å². The van der Waals surface area contributed by atoms with Gasteiger partial charge in [0.25, 0.3) is 5.69 Å². The lowest BCUT2D eigenvalue weighted by molar-refractivity contribution is -0.384. The molecule has 0 atom stereocenters. The quantitative estimate of drug-likeness (QED) is 0.610. The first kappa shape index (κ1) is 13.1. The average molecular weight is 265 g/mol. The van der Waals surface area contributed by atoms with Crippen LogP contribution in [0, 0.1) is 10.1 Å². The number of carbonyl (C=O) groups is 1. The molecule has 1 aromatic carbocycles. The molecule has 1 aliphatic heterocycles. The number of rotatable bonds is 3. The summed E-state index contributed by atoms with van der Waals surface area (Å²) < 4.78 is 5.61. The van der Waals surface area contributed by atoms with Crippen LogP contribution in [0.25, 0.3) is 0 Å². The van der Waals surface area contributed by atoms with Crippen molar-refractivity contribution in [1.29, 1.82) is 0 Å². The van der Waals surface area contributed by atoms with E-state index in [1.165, 1.54) is 17.0 Å². The molecule has 0 unspecified atom stereocenters. The highest BCUT2D eigenvalue weighted by Crippen LogP contribution is 2.21. The minimum Gasteiger partial charge on any atom is -0.487 e. The summed E-state index contributed by atoms with van der Waals surface area (Å²) in [6, 6.07) is 5.89. The summed E-state index contributed by atoms with van der Waals surface area (Å²) in [7, 11) is 3.40. The number of benzene rings is 1. The molecular formula is C12H15N3O4. The van der Waals surface area contributed by atoms with Crippen LogP contribution in [0.1, 0.15) is 0 Å². The van der Waals surface area contributed by atoms with E-state index in [9.17, 15) is 14.9 Å². The van der Waals surface area contributed by atoms with Gasteiger partial charge < -0.3 is 14.5 Å². The molecule has 7 heteroatoms. The van der Waals surface area contributed by atoms with Crippen molar-refractivity contribution in [1.82, 2.24) is 9.80 Å². The maximum Gasteiger partial charge on any atom is 0.319 e. The van der Waals surface area contributed by atoms with E-state index >= 15 is 0 Å². The second-order valence-corrected chi connectivity index (χ2v) is 4.57. The highest BCUT2D eigenvalue weighted by Gasteiger charge is 2.33. The minimum absolute atomic E-state index is 0.0328. The minimum atomic E-state index is -0.454. The number of amides is 2. The Bertz CT molecular complexity index is 480. The lowest BCUT2D eigenvalue weighted by Crippen LogP contribution is -2.58. The molecule has 1 heterocycles. The van der Waals surface area contributed by atoms with Gasteiger partial charge in [-0.05, 0) is 12.1 Å². The number of non-ortho nitro benzene ring substituents is 1. The Hall–Kier alpha value is -2.31. The topological polar surface area (TPSA) is 75.9 Å². The zero-order valence-corrected chi connectivity index (χ0v) is 10.8. The summed E-state index contributed by atoms with van der Waals surface area (Å²) >= 11 is 0. The SMILES string of the molecule is CN(C)C(=O)N1CC(Oc2ccc([N+](=O)[O-])cc2)C1. The third-order valence-corrected chi connectivity index (χ3v) is 2.85. The fourth-order valence-electron chi connectivity index (χ4n) is 1.79. The van der Waals surface area contributed by atoms with Crippen LogP contribution < -0.4 is 4.74 Å². The number of hydrogen-bond donors (Lipinski definition) is 0. The molecule has 102 valence electrons. The molecule has 0 spiro atoms. The van der Waals surface area contributed by atoms with Gasteiger partial charge in [-0.1, -0.05) is 0 Å². The Morgan fingerprint density at radius 3 is 2.42 bits per heavy atom. The van der Waals surface area contributed by atoms with E-state index in [1.807, 2.05) is 0 Å². The Balaban J connectivity index is 1.84. The van der Waals surface area contributed by atoms with E-state index in [0.717, 1.165) is 0 Å². The summed E-state index contributed by atoms with van der Waals surface area (Å²) in [6.07, 6.45) is -0.0506. The predicted octanol–water partition coefficient (Wildman–Crippen LogP) is 1.34. The van der Waals surface area contributed by atoms with Crippen molar-refractivity contribution >= 4 is 11.7 Å². The average Bonchev–Trinajstić information content (AvgIpc) is 2.33. The van der Waals surface area contributed by atoms with Crippen LogP contribution in [0.2, 0.25) is 0 Å². The monoisotopic (exact) mass is 265 g/mol. The molecule has 0 radical (unpaired) electrons. The maximum atomic E-state index is 11.6. The Morgan fingerprint density at radius 2 is 1.95 bits per heavy atom. The van der Waals surface area contributed by atoms with Crippen molar-refractivity contribution < 1.29 is 14.5 Å². The van der Waals surface area contributed by atoms with Gasteiger partial charge in [0, 0.05) is 26.2 Å².